The summed E-state index contributed by atoms with van der Waals surface area (Å²) in [6.45, 7) is 4.34. The third kappa shape index (κ3) is 3.78. The van der Waals surface area contributed by atoms with E-state index in [-0.39, 0.29) is 10.0 Å². The summed E-state index contributed by atoms with van der Waals surface area (Å²) in [6.07, 6.45) is 1.28. The summed E-state index contributed by atoms with van der Waals surface area (Å²) in [5, 5.41) is 4.38. The Kier molecular flexibility index (Phi) is 4.96. The van der Waals surface area contributed by atoms with Crippen LogP contribution in [0.2, 0.25) is 5.15 Å². The Hall–Kier alpha value is -1.04. The molecule has 4 nitrogen and oxygen atoms in total. The fraction of sp³-hybridized carbons (Fsp3) is 0.357. The molecule has 1 aromatic heterocycles. The van der Waals surface area contributed by atoms with Gasteiger partial charge in [-0.3, -0.25) is 0 Å². The fourth-order valence-corrected chi connectivity index (χ4v) is 4.05. The molecule has 0 saturated carbocycles. The van der Waals surface area contributed by atoms with Crippen LogP contribution < -0.4 is 0 Å². The van der Waals surface area contributed by atoms with Gasteiger partial charge >= 0.3 is 0 Å². The second-order valence-electron chi connectivity index (χ2n) is 4.90. The normalized spacial score (nSPS) is 11.8. The van der Waals surface area contributed by atoms with Crippen molar-refractivity contribution in [2.24, 2.45) is 0 Å². The van der Waals surface area contributed by atoms with Crippen LogP contribution >= 0.6 is 22.3 Å². The highest BCUT2D eigenvalue weighted by molar-refractivity contribution is 8.13. The molecular formula is C14H16Cl2N2O2S. The number of rotatable bonds is 5. The van der Waals surface area contributed by atoms with Crippen LogP contribution in [0, 0.1) is 6.92 Å². The molecule has 0 N–H and O–H groups in total. The SMILES string of the molecule is CCCc1nn(Cc2cccc(C)c2)c(Cl)c1S(=O)(=O)Cl. The molecule has 2 rings (SSSR count). The first kappa shape index (κ1) is 16.3. The van der Waals surface area contributed by atoms with Crippen molar-refractivity contribution < 1.29 is 8.42 Å². The lowest BCUT2D eigenvalue weighted by atomic mass is 10.1. The zero-order chi connectivity index (χ0) is 15.6. The van der Waals surface area contributed by atoms with Gasteiger partial charge in [0.2, 0.25) is 0 Å². The average molecular weight is 347 g/mol. The lowest BCUT2D eigenvalue weighted by Gasteiger charge is -2.04. The highest BCUT2D eigenvalue weighted by Gasteiger charge is 2.25. The van der Waals surface area contributed by atoms with Crippen LogP contribution in [0.1, 0.15) is 30.2 Å². The molecule has 0 spiro atoms. The molecule has 0 saturated heterocycles. The molecule has 1 heterocycles. The molecule has 2 aromatic rings. The van der Waals surface area contributed by atoms with Gasteiger partial charge in [0.15, 0.2) is 0 Å². The van der Waals surface area contributed by atoms with Crippen molar-refractivity contribution in [2.45, 2.75) is 38.1 Å². The van der Waals surface area contributed by atoms with E-state index in [2.05, 4.69) is 5.10 Å². The van der Waals surface area contributed by atoms with Gasteiger partial charge in [-0.25, -0.2) is 13.1 Å². The molecular weight excluding hydrogens is 331 g/mol. The van der Waals surface area contributed by atoms with Crippen LogP contribution in [0.5, 0.6) is 0 Å². The van der Waals surface area contributed by atoms with Gasteiger partial charge in [0, 0.05) is 10.7 Å². The van der Waals surface area contributed by atoms with Gasteiger partial charge in [0.1, 0.15) is 10.0 Å². The summed E-state index contributed by atoms with van der Waals surface area (Å²) in [7, 11) is 1.57. The Morgan fingerprint density at radius 1 is 1.33 bits per heavy atom. The van der Waals surface area contributed by atoms with E-state index < -0.39 is 9.05 Å². The van der Waals surface area contributed by atoms with E-state index in [4.69, 9.17) is 22.3 Å². The summed E-state index contributed by atoms with van der Waals surface area (Å²) in [4.78, 5) is -0.0691. The summed E-state index contributed by atoms with van der Waals surface area (Å²) in [6, 6.07) is 7.88. The monoisotopic (exact) mass is 346 g/mol. The Balaban J connectivity index is 2.46. The number of hydrogen-bond donors (Lipinski definition) is 0. The molecule has 0 aliphatic carbocycles. The molecule has 0 aliphatic heterocycles. The summed E-state index contributed by atoms with van der Waals surface area (Å²) in [5.41, 5.74) is 2.54. The lowest BCUT2D eigenvalue weighted by Crippen LogP contribution is -2.02. The number of aromatic nitrogens is 2. The van der Waals surface area contributed by atoms with Gasteiger partial charge in [-0.05, 0) is 18.9 Å². The standard InChI is InChI=1S/C14H16Cl2N2O2S/c1-3-5-12-13(21(16,19)20)14(15)18(17-12)9-11-7-4-6-10(2)8-11/h4,6-8H,3,5,9H2,1-2H3. The highest BCUT2D eigenvalue weighted by Crippen LogP contribution is 2.29. The minimum Gasteiger partial charge on any atom is -0.248 e. The van der Waals surface area contributed by atoms with E-state index in [0.29, 0.717) is 18.7 Å². The van der Waals surface area contributed by atoms with E-state index >= 15 is 0 Å². The Labute approximate surface area is 134 Å². The number of benzene rings is 1. The summed E-state index contributed by atoms with van der Waals surface area (Å²) < 4.78 is 24.9. The summed E-state index contributed by atoms with van der Waals surface area (Å²) >= 11 is 6.18. The second kappa shape index (κ2) is 6.38. The lowest BCUT2D eigenvalue weighted by molar-refractivity contribution is 0.608. The fourth-order valence-electron chi connectivity index (χ4n) is 2.20. The van der Waals surface area contributed by atoms with E-state index in [1.165, 1.54) is 4.68 Å². The molecule has 0 aliphatic rings. The number of nitrogens with zero attached hydrogens (tertiary/aromatic N) is 2. The van der Waals surface area contributed by atoms with E-state index in [9.17, 15) is 8.42 Å². The molecule has 21 heavy (non-hydrogen) atoms. The number of halogens is 2. The van der Waals surface area contributed by atoms with Crippen molar-refractivity contribution >= 4 is 31.3 Å². The van der Waals surface area contributed by atoms with Gasteiger partial charge < -0.3 is 0 Å². The van der Waals surface area contributed by atoms with E-state index in [1.807, 2.05) is 38.1 Å². The topological polar surface area (TPSA) is 52.0 Å². The Morgan fingerprint density at radius 3 is 2.62 bits per heavy atom. The number of hydrogen-bond acceptors (Lipinski definition) is 3. The van der Waals surface area contributed by atoms with E-state index in [1.54, 1.807) is 0 Å². The zero-order valence-corrected chi connectivity index (χ0v) is 14.1. The van der Waals surface area contributed by atoms with Crippen LogP contribution in [0.25, 0.3) is 0 Å². The third-order valence-electron chi connectivity index (χ3n) is 3.06. The maximum absolute atomic E-state index is 11.7. The maximum atomic E-state index is 11.7. The predicted molar refractivity (Wildman–Crippen MR) is 84.6 cm³/mol. The number of aryl methyl sites for hydroxylation is 2. The first-order valence-electron chi connectivity index (χ1n) is 6.58. The average Bonchev–Trinajstić information content (AvgIpc) is 2.66. The van der Waals surface area contributed by atoms with Gasteiger partial charge in [0.05, 0.1) is 12.2 Å². The van der Waals surface area contributed by atoms with Crippen LogP contribution in [-0.2, 0) is 22.0 Å². The molecule has 0 atom stereocenters. The van der Waals surface area contributed by atoms with Gasteiger partial charge in [-0.1, -0.05) is 54.8 Å². The molecule has 0 unspecified atom stereocenters. The summed E-state index contributed by atoms with van der Waals surface area (Å²) in [5.74, 6) is 0. The van der Waals surface area contributed by atoms with Crippen molar-refractivity contribution in [2.75, 3.05) is 0 Å². The second-order valence-corrected chi connectivity index (χ2v) is 7.76. The minimum absolute atomic E-state index is 0.0648. The third-order valence-corrected chi connectivity index (χ3v) is 4.94. The van der Waals surface area contributed by atoms with Crippen LogP contribution in [0.3, 0.4) is 0 Å². The van der Waals surface area contributed by atoms with Crippen molar-refractivity contribution in [1.29, 1.82) is 0 Å². The predicted octanol–water partition coefficient (Wildman–Crippen LogP) is 3.77. The molecule has 0 radical (unpaired) electrons. The molecule has 114 valence electrons. The highest BCUT2D eigenvalue weighted by atomic mass is 35.7. The van der Waals surface area contributed by atoms with E-state index in [0.717, 1.165) is 17.5 Å². The molecule has 0 fully saturated rings. The molecule has 1 aromatic carbocycles. The van der Waals surface area contributed by atoms with Gasteiger partial charge in [-0.2, -0.15) is 5.10 Å². The van der Waals surface area contributed by atoms with Gasteiger partial charge in [0.25, 0.3) is 9.05 Å². The Morgan fingerprint density at radius 2 is 2.05 bits per heavy atom. The maximum Gasteiger partial charge on any atom is 0.266 e. The first-order valence-corrected chi connectivity index (χ1v) is 9.27. The molecule has 0 amide bonds. The zero-order valence-electron chi connectivity index (χ0n) is 11.8. The minimum atomic E-state index is -3.91. The molecule has 7 heteroatoms. The quantitative estimate of drug-likeness (QED) is 0.774. The van der Waals surface area contributed by atoms with Gasteiger partial charge in [-0.15, -0.1) is 0 Å². The van der Waals surface area contributed by atoms with Crippen LogP contribution in [0.4, 0.5) is 0 Å². The first-order chi connectivity index (χ1) is 9.82. The van der Waals surface area contributed by atoms with Crippen molar-refractivity contribution in [3.05, 3.63) is 46.2 Å². The van der Waals surface area contributed by atoms with Crippen molar-refractivity contribution in [3.63, 3.8) is 0 Å². The Bertz CT molecular complexity index is 754. The molecule has 0 bridgehead atoms. The smallest absolute Gasteiger partial charge is 0.248 e. The van der Waals surface area contributed by atoms with Crippen molar-refractivity contribution in [1.82, 2.24) is 9.78 Å². The van der Waals surface area contributed by atoms with Crippen LogP contribution in [-0.4, -0.2) is 18.2 Å². The van der Waals surface area contributed by atoms with Crippen molar-refractivity contribution in [3.8, 4) is 0 Å². The van der Waals surface area contributed by atoms with Crippen LogP contribution in [0.15, 0.2) is 29.2 Å². The largest absolute Gasteiger partial charge is 0.266 e.